The Hall–Kier alpha value is -0.610. The van der Waals surface area contributed by atoms with Gasteiger partial charge in [0.1, 0.15) is 0 Å². The van der Waals surface area contributed by atoms with Crippen LogP contribution in [-0.4, -0.2) is 50.2 Å². The third-order valence-corrected chi connectivity index (χ3v) is 2.82. The van der Waals surface area contributed by atoms with Gasteiger partial charge in [-0.3, -0.25) is 4.79 Å². The van der Waals surface area contributed by atoms with Gasteiger partial charge in [-0.2, -0.15) is 0 Å². The second kappa shape index (κ2) is 8.53. The summed E-state index contributed by atoms with van der Waals surface area (Å²) in [6.07, 6.45) is 4.00. The number of rotatable bonds is 8. The van der Waals surface area contributed by atoms with Crippen molar-refractivity contribution >= 4 is 5.91 Å². The first-order chi connectivity index (χ1) is 7.84. The zero-order valence-corrected chi connectivity index (χ0v) is 10.3. The quantitative estimate of drug-likeness (QED) is 0.631. The molecule has 0 bridgehead atoms. The fraction of sp³-hybridized carbons (Fsp3) is 0.917. The standard InChI is InChI=1S/C12H24N2O2/c1-2-16-11-5-7-13-8-6-12(15)14-9-3-4-10-14/h13H,2-11H2,1H3. The predicted molar refractivity (Wildman–Crippen MR) is 64.4 cm³/mol. The molecule has 0 aromatic carbocycles. The number of amides is 1. The van der Waals surface area contributed by atoms with Crippen molar-refractivity contribution in [2.24, 2.45) is 0 Å². The Bertz CT molecular complexity index is 191. The van der Waals surface area contributed by atoms with Gasteiger partial charge in [-0.05, 0) is 32.7 Å². The van der Waals surface area contributed by atoms with Gasteiger partial charge in [-0.25, -0.2) is 0 Å². The van der Waals surface area contributed by atoms with E-state index in [2.05, 4.69) is 5.32 Å². The maximum absolute atomic E-state index is 11.6. The van der Waals surface area contributed by atoms with Crippen LogP contribution >= 0.6 is 0 Å². The van der Waals surface area contributed by atoms with E-state index in [1.54, 1.807) is 0 Å². The van der Waals surface area contributed by atoms with Crippen molar-refractivity contribution in [3.8, 4) is 0 Å². The van der Waals surface area contributed by atoms with E-state index in [-0.39, 0.29) is 0 Å². The van der Waals surface area contributed by atoms with Crippen LogP contribution in [0.3, 0.4) is 0 Å². The molecule has 0 unspecified atom stereocenters. The van der Waals surface area contributed by atoms with Crippen LogP contribution in [0.1, 0.15) is 32.6 Å². The topological polar surface area (TPSA) is 41.6 Å². The summed E-state index contributed by atoms with van der Waals surface area (Å²) in [6, 6.07) is 0. The summed E-state index contributed by atoms with van der Waals surface area (Å²) in [7, 11) is 0. The van der Waals surface area contributed by atoms with Gasteiger partial charge in [0.05, 0.1) is 0 Å². The Balaban J connectivity index is 1.88. The summed E-state index contributed by atoms with van der Waals surface area (Å²) >= 11 is 0. The van der Waals surface area contributed by atoms with Gasteiger partial charge in [0.2, 0.25) is 5.91 Å². The maximum Gasteiger partial charge on any atom is 0.223 e. The normalized spacial score (nSPS) is 15.7. The van der Waals surface area contributed by atoms with Gasteiger partial charge in [0.25, 0.3) is 0 Å². The Labute approximate surface area is 98.3 Å². The van der Waals surface area contributed by atoms with Crippen molar-refractivity contribution in [3.05, 3.63) is 0 Å². The molecule has 1 rings (SSSR count). The van der Waals surface area contributed by atoms with E-state index >= 15 is 0 Å². The molecule has 1 saturated heterocycles. The first kappa shape index (κ1) is 13.5. The van der Waals surface area contributed by atoms with Crippen molar-refractivity contribution in [2.45, 2.75) is 32.6 Å². The monoisotopic (exact) mass is 228 g/mol. The molecule has 0 saturated carbocycles. The predicted octanol–water partition coefficient (Wildman–Crippen LogP) is 1.02. The first-order valence-corrected chi connectivity index (χ1v) is 6.41. The van der Waals surface area contributed by atoms with E-state index in [9.17, 15) is 4.79 Å². The zero-order valence-electron chi connectivity index (χ0n) is 10.3. The van der Waals surface area contributed by atoms with Gasteiger partial charge >= 0.3 is 0 Å². The lowest BCUT2D eigenvalue weighted by Gasteiger charge is -2.15. The third kappa shape index (κ3) is 5.47. The number of hydrogen-bond donors (Lipinski definition) is 1. The number of hydrogen-bond acceptors (Lipinski definition) is 3. The first-order valence-electron chi connectivity index (χ1n) is 6.41. The SMILES string of the molecule is CCOCCCNCCC(=O)N1CCCC1. The van der Waals surface area contributed by atoms with E-state index in [1.807, 2.05) is 11.8 Å². The second-order valence-electron chi connectivity index (χ2n) is 4.14. The van der Waals surface area contributed by atoms with E-state index in [4.69, 9.17) is 4.74 Å². The average Bonchev–Trinajstić information content (AvgIpc) is 2.81. The fourth-order valence-electron chi connectivity index (χ4n) is 1.89. The van der Waals surface area contributed by atoms with Crippen LogP contribution in [0.25, 0.3) is 0 Å². The highest BCUT2D eigenvalue weighted by Gasteiger charge is 2.16. The molecular formula is C12H24N2O2. The van der Waals surface area contributed by atoms with Crippen molar-refractivity contribution in [1.82, 2.24) is 10.2 Å². The van der Waals surface area contributed by atoms with E-state index in [0.29, 0.717) is 12.3 Å². The van der Waals surface area contributed by atoms with Gasteiger partial charge in [0.15, 0.2) is 0 Å². The Kier molecular flexibility index (Phi) is 7.17. The highest BCUT2D eigenvalue weighted by Crippen LogP contribution is 2.08. The molecule has 1 amide bonds. The molecule has 0 aromatic heterocycles. The van der Waals surface area contributed by atoms with Crippen molar-refractivity contribution in [3.63, 3.8) is 0 Å². The Morgan fingerprint density at radius 1 is 1.31 bits per heavy atom. The number of carbonyl (C=O) groups excluding carboxylic acids is 1. The summed E-state index contributed by atoms with van der Waals surface area (Å²) in [4.78, 5) is 13.6. The molecule has 16 heavy (non-hydrogen) atoms. The maximum atomic E-state index is 11.6. The van der Waals surface area contributed by atoms with Gasteiger partial charge in [0, 0.05) is 39.3 Å². The van der Waals surface area contributed by atoms with E-state index in [1.165, 1.54) is 12.8 Å². The molecule has 0 aromatic rings. The lowest BCUT2D eigenvalue weighted by atomic mass is 10.3. The van der Waals surface area contributed by atoms with Crippen molar-refractivity contribution in [1.29, 1.82) is 0 Å². The zero-order chi connectivity index (χ0) is 11.6. The number of nitrogens with one attached hydrogen (secondary N) is 1. The molecule has 0 radical (unpaired) electrons. The number of ether oxygens (including phenoxy) is 1. The van der Waals surface area contributed by atoms with Crippen LogP contribution in [0.15, 0.2) is 0 Å². The summed E-state index contributed by atoms with van der Waals surface area (Å²) < 4.78 is 5.23. The van der Waals surface area contributed by atoms with Crippen molar-refractivity contribution < 1.29 is 9.53 Å². The average molecular weight is 228 g/mol. The molecule has 1 aliphatic rings. The lowest BCUT2D eigenvalue weighted by Crippen LogP contribution is -2.31. The highest BCUT2D eigenvalue weighted by atomic mass is 16.5. The number of likely N-dealkylation sites (tertiary alicyclic amines) is 1. The summed E-state index contributed by atoms with van der Waals surface area (Å²) in [6.45, 7) is 7.25. The minimum atomic E-state index is 0.301. The van der Waals surface area contributed by atoms with Crippen LogP contribution in [0.5, 0.6) is 0 Å². The molecule has 1 aliphatic heterocycles. The van der Waals surface area contributed by atoms with Crippen LogP contribution in [0.4, 0.5) is 0 Å². The second-order valence-corrected chi connectivity index (χ2v) is 4.14. The Morgan fingerprint density at radius 3 is 2.75 bits per heavy atom. The van der Waals surface area contributed by atoms with Crippen molar-refractivity contribution in [2.75, 3.05) is 39.4 Å². The molecule has 4 heteroatoms. The minimum Gasteiger partial charge on any atom is -0.382 e. The van der Waals surface area contributed by atoms with Crippen LogP contribution in [-0.2, 0) is 9.53 Å². The molecule has 0 spiro atoms. The molecule has 0 aliphatic carbocycles. The number of nitrogens with zero attached hydrogens (tertiary/aromatic N) is 1. The molecular weight excluding hydrogens is 204 g/mol. The number of carbonyl (C=O) groups is 1. The third-order valence-electron chi connectivity index (χ3n) is 2.82. The summed E-state index contributed by atoms with van der Waals surface area (Å²) in [5.41, 5.74) is 0. The smallest absolute Gasteiger partial charge is 0.223 e. The lowest BCUT2D eigenvalue weighted by molar-refractivity contribution is -0.130. The van der Waals surface area contributed by atoms with Crippen LogP contribution in [0, 0.1) is 0 Å². The molecule has 1 N–H and O–H groups in total. The minimum absolute atomic E-state index is 0.301. The molecule has 4 nitrogen and oxygen atoms in total. The summed E-state index contributed by atoms with van der Waals surface area (Å²) in [5, 5.41) is 3.27. The van der Waals surface area contributed by atoms with E-state index < -0.39 is 0 Å². The van der Waals surface area contributed by atoms with E-state index in [0.717, 1.165) is 45.8 Å². The van der Waals surface area contributed by atoms with Gasteiger partial charge in [-0.1, -0.05) is 0 Å². The van der Waals surface area contributed by atoms with Gasteiger partial charge < -0.3 is 15.0 Å². The fourth-order valence-corrected chi connectivity index (χ4v) is 1.89. The van der Waals surface area contributed by atoms with Crippen LogP contribution in [0.2, 0.25) is 0 Å². The summed E-state index contributed by atoms with van der Waals surface area (Å²) in [5.74, 6) is 0.301. The van der Waals surface area contributed by atoms with Crippen LogP contribution < -0.4 is 5.32 Å². The highest BCUT2D eigenvalue weighted by molar-refractivity contribution is 5.76. The molecule has 0 atom stereocenters. The largest absolute Gasteiger partial charge is 0.382 e. The van der Waals surface area contributed by atoms with Gasteiger partial charge in [-0.15, -0.1) is 0 Å². The molecule has 1 heterocycles. The molecule has 94 valence electrons. The molecule has 1 fully saturated rings. The Morgan fingerprint density at radius 2 is 2.06 bits per heavy atom.